The van der Waals surface area contributed by atoms with Gasteiger partial charge < -0.3 is 5.11 Å². The summed E-state index contributed by atoms with van der Waals surface area (Å²) in [6, 6.07) is 7.78. The summed E-state index contributed by atoms with van der Waals surface area (Å²) in [6.45, 7) is 0. The average Bonchev–Trinajstić information content (AvgIpc) is 2.52. The first-order chi connectivity index (χ1) is 6.25. The molecule has 0 bridgehead atoms. The predicted octanol–water partition coefficient (Wildman–Crippen LogP) is 1.20. The topological polar surface area (TPSA) is 44.3 Å². The van der Waals surface area contributed by atoms with Crippen molar-refractivity contribution in [2.24, 2.45) is 0 Å². The lowest BCUT2D eigenvalue weighted by molar-refractivity contribution is 0.153. The van der Waals surface area contributed by atoms with Gasteiger partial charge in [0, 0.05) is 11.4 Å². The number of hydrogen-bond acceptors (Lipinski definition) is 3. The molecule has 3 nitrogen and oxygen atoms in total. The van der Waals surface area contributed by atoms with Crippen LogP contribution in [0.5, 0.6) is 0 Å². The molecule has 0 radical (unpaired) electrons. The smallest absolute Gasteiger partial charge is 0.119 e. The van der Waals surface area contributed by atoms with Gasteiger partial charge >= 0.3 is 0 Å². The summed E-state index contributed by atoms with van der Waals surface area (Å²) in [7, 11) is 0. The predicted molar refractivity (Wildman–Crippen MR) is 51.1 cm³/mol. The van der Waals surface area contributed by atoms with Gasteiger partial charge in [-0.1, -0.05) is 23.7 Å². The number of halogens is 1. The van der Waals surface area contributed by atoms with Crippen LogP contribution in [0.3, 0.4) is 0 Å². The minimum Gasteiger partial charge on any atom is -0.377 e. The van der Waals surface area contributed by atoms with Crippen molar-refractivity contribution in [3.63, 3.8) is 0 Å². The Kier molecular flexibility index (Phi) is 2.51. The highest BCUT2D eigenvalue weighted by molar-refractivity contribution is 6.30. The quantitative estimate of drug-likeness (QED) is 0.636. The number of rotatable bonds is 1. The third-order valence-electron chi connectivity index (χ3n) is 2.13. The zero-order valence-electron chi connectivity index (χ0n) is 7.00. The number of hydrogen-bond donors (Lipinski definition) is 3. The van der Waals surface area contributed by atoms with Crippen LogP contribution in [0.4, 0.5) is 0 Å². The molecule has 13 heavy (non-hydrogen) atoms. The molecular weight excluding hydrogens is 188 g/mol. The molecule has 1 heterocycles. The Labute approximate surface area is 81.7 Å². The average molecular weight is 199 g/mol. The number of hydrazine groups is 1. The maximum atomic E-state index is 9.22. The van der Waals surface area contributed by atoms with Gasteiger partial charge in [0.05, 0.1) is 6.04 Å². The molecule has 2 unspecified atom stereocenters. The highest BCUT2D eigenvalue weighted by Gasteiger charge is 2.22. The molecule has 0 aromatic heterocycles. The van der Waals surface area contributed by atoms with Crippen molar-refractivity contribution in [3.8, 4) is 0 Å². The molecule has 0 amide bonds. The zero-order chi connectivity index (χ0) is 9.26. The summed E-state index contributed by atoms with van der Waals surface area (Å²) in [5.41, 5.74) is 6.84. The van der Waals surface area contributed by atoms with E-state index in [9.17, 15) is 5.11 Å². The van der Waals surface area contributed by atoms with Gasteiger partial charge in [-0.3, -0.25) is 0 Å². The first kappa shape index (κ1) is 8.97. The number of benzene rings is 1. The highest BCUT2D eigenvalue weighted by atomic mass is 35.5. The Morgan fingerprint density at radius 3 is 2.85 bits per heavy atom. The standard InChI is InChI=1S/C9H11ClN2O/c10-7-3-1-2-6(4-7)8-5-9(13)12-11-8/h1-4,8-9,11-13H,5H2. The summed E-state index contributed by atoms with van der Waals surface area (Å²) in [5.74, 6) is 0. The second-order valence-corrected chi connectivity index (χ2v) is 3.58. The lowest BCUT2D eigenvalue weighted by Gasteiger charge is -2.08. The van der Waals surface area contributed by atoms with Crippen LogP contribution in [0.1, 0.15) is 18.0 Å². The number of aliphatic hydroxyl groups is 1. The lowest BCUT2D eigenvalue weighted by Crippen LogP contribution is -2.30. The van der Waals surface area contributed by atoms with Crippen LogP contribution in [0.15, 0.2) is 24.3 Å². The van der Waals surface area contributed by atoms with Crippen LogP contribution in [0, 0.1) is 0 Å². The Bertz CT molecular complexity index is 305. The molecule has 3 N–H and O–H groups in total. The normalized spacial score (nSPS) is 27.8. The van der Waals surface area contributed by atoms with E-state index in [1.54, 1.807) is 0 Å². The third kappa shape index (κ3) is 2.00. The molecule has 1 aliphatic heterocycles. The number of aliphatic hydroxyl groups excluding tert-OH is 1. The van der Waals surface area contributed by atoms with Gasteiger partial charge in [0.1, 0.15) is 6.23 Å². The third-order valence-corrected chi connectivity index (χ3v) is 2.37. The monoisotopic (exact) mass is 198 g/mol. The highest BCUT2D eigenvalue weighted by Crippen LogP contribution is 2.23. The van der Waals surface area contributed by atoms with Gasteiger partial charge in [-0.05, 0) is 17.7 Å². The summed E-state index contributed by atoms with van der Waals surface area (Å²) >= 11 is 5.85. The van der Waals surface area contributed by atoms with E-state index < -0.39 is 6.23 Å². The number of nitrogens with one attached hydrogen (secondary N) is 2. The van der Waals surface area contributed by atoms with Crippen molar-refractivity contribution in [3.05, 3.63) is 34.9 Å². The molecule has 2 atom stereocenters. The maximum Gasteiger partial charge on any atom is 0.119 e. The minimum atomic E-state index is -0.469. The first-order valence-corrected chi connectivity index (χ1v) is 4.58. The molecule has 2 rings (SSSR count). The molecule has 0 saturated carbocycles. The van der Waals surface area contributed by atoms with Crippen LogP contribution < -0.4 is 10.9 Å². The SMILES string of the molecule is OC1CC(c2cccc(Cl)c2)NN1. The lowest BCUT2D eigenvalue weighted by atomic mass is 10.1. The van der Waals surface area contributed by atoms with E-state index in [1.165, 1.54) is 0 Å². The maximum absolute atomic E-state index is 9.22. The molecule has 4 heteroatoms. The molecule has 1 aromatic carbocycles. The molecule has 0 aliphatic carbocycles. The van der Waals surface area contributed by atoms with E-state index in [-0.39, 0.29) is 6.04 Å². The van der Waals surface area contributed by atoms with E-state index in [0.717, 1.165) is 10.6 Å². The van der Waals surface area contributed by atoms with Crippen LogP contribution >= 0.6 is 11.6 Å². The van der Waals surface area contributed by atoms with Crippen molar-refractivity contribution in [1.82, 2.24) is 10.9 Å². The van der Waals surface area contributed by atoms with E-state index in [0.29, 0.717) is 6.42 Å². The van der Waals surface area contributed by atoms with Crippen molar-refractivity contribution in [1.29, 1.82) is 0 Å². The van der Waals surface area contributed by atoms with Gasteiger partial charge in [-0.2, -0.15) is 0 Å². The zero-order valence-corrected chi connectivity index (χ0v) is 7.75. The first-order valence-electron chi connectivity index (χ1n) is 4.20. The Morgan fingerprint density at radius 1 is 1.38 bits per heavy atom. The fourth-order valence-corrected chi connectivity index (χ4v) is 1.68. The van der Waals surface area contributed by atoms with Crippen LogP contribution in [0.2, 0.25) is 5.02 Å². The Hall–Kier alpha value is -0.610. The van der Waals surface area contributed by atoms with Gasteiger partial charge in [0.25, 0.3) is 0 Å². The molecule has 1 fully saturated rings. The van der Waals surface area contributed by atoms with E-state index in [1.807, 2.05) is 24.3 Å². The van der Waals surface area contributed by atoms with Crippen molar-refractivity contribution < 1.29 is 5.11 Å². The van der Waals surface area contributed by atoms with E-state index >= 15 is 0 Å². The largest absolute Gasteiger partial charge is 0.377 e. The molecule has 1 aromatic rings. The van der Waals surface area contributed by atoms with Crippen molar-refractivity contribution in [2.45, 2.75) is 18.7 Å². The summed E-state index contributed by atoms with van der Waals surface area (Å²) in [6.07, 6.45) is 0.198. The van der Waals surface area contributed by atoms with Crippen LogP contribution in [-0.2, 0) is 0 Å². The fourth-order valence-electron chi connectivity index (χ4n) is 1.48. The fraction of sp³-hybridized carbons (Fsp3) is 0.333. The van der Waals surface area contributed by atoms with Crippen molar-refractivity contribution in [2.75, 3.05) is 0 Å². The Morgan fingerprint density at radius 2 is 2.23 bits per heavy atom. The summed E-state index contributed by atoms with van der Waals surface area (Å²) < 4.78 is 0. The second kappa shape index (κ2) is 3.64. The molecule has 1 saturated heterocycles. The second-order valence-electron chi connectivity index (χ2n) is 3.15. The van der Waals surface area contributed by atoms with Gasteiger partial charge in [-0.25, -0.2) is 10.9 Å². The van der Waals surface area contributed by atoms with E-state index in [2.05, 4.69) is 10.9 Å². The van der Waals surface area contributed by atoms with Crippen LogP contribution in [-0.4, -0.2) is 11.3 Å². The molecule has 70 valence electrons. The van der Waals surface area contributed by atoms with Crippen LogP contribution in [0.25, 0.3) is 0 Å². The minimum absolute atomic E-state index is 0.147. The van der Waals surface area contributed by atoms with Crippen molar-refractivity contribution >= 4 is 11.6 Å². The summed E-state index contributed by atoms with van der Waals surface area (Å²) in [4.78, 5) is 0. The Balaban J connectivity index is 2.16. The molecule has 0 spiro atoms. The molecular formula is C9H11ClN2O. The molecule has 1 aliphatic rings. The van der Waals surface area contributed by atoms with Gasteiger partial charge in [-0.15, -0.1) is 0 Å². The van der Waals surface area contributed by atoms with E-state index in [4.69, 9.17) is 11.6 Å². The summed E-state index contributed by atoms with van der Waals surface area (Å²) in [5, 5.41) is 9.95. The van der Waals surface area contributed by atoms with Gasteiger partial charge in [0.2, 0.25) is 0 Å². The van der Waals surface area contributed by atoms with Gasteiger partial charge in [0.15, 0.2) is 0 Å².